The van der Waals surface area contributed by atoms with E-state index in [9.17, 15) is 4.79 Å². The molecule has 0 aliphatic carbocycles. The minimum Gasteiger partial charge on any atom is -0.341 e. The van der Waals surface area contributed by atoms with Crippen molar-refractivity contribution in [1.29, 1.82) is 0 Å². The van der Waals surface area contributed by atoms with Crippen LogP contribution in [-0.2, 0) is 4.79 Å². The third-order valence-electron chi connectivity index (χ3n) is 1.36. The number of rotatable bonds is 0. The Morgan fingerprint density at radius 1 is 1.44 bits per heavy atom. The topological polar surface area (TPSA) is 20.3 Å². The molecule has 2 nitrogen and oxygen atoms in total. The van der Waals surface area contributed by atoms with Gasteiger partial charge in [-0.2, -0.15) is 11.8 Å². The summed E-state index contributed by atoms with van der Waals surface area (Å²) in [4.78, 5) is 12.4. The fourth-order valence-electron chi connectivity index (χ4n) is 0.813. The van der Waals surface area contributed by atoms with Crippen LogP contribution < -0.4 is 0 Å². The first-order valence-corrected chi connectivity index (χ1v) is 4.15. The second kappa shape index (κ2) is 3.11. The van der Waals surface area contributed by atoms with E-state index in [2.05, 4.69) is 6.92 Å². The lowest BCUT2D eigenvalue weighted by Crippen LogP contribution is -2.36. The molecule has 0 saturated carbocycles. The molecule has 0 spiro atoms. The van der Waals surface area contributed by atoms with Crippen LogP contribution in [-0.4, -0.2) is 35.4 Å². The summed E-state index contributed by atoms with van der Waals surface area (Å²) in [5.74, 6) is 2.11. The monoisotopic (exact) mass is 144 g/mol. The molecule has 3 heteroatoms. The summed E-state index contributed by atoms with van der Waals surface area (Å²) < 4.78 is 0. The highest BCUT2D eigenvalue weighted by atomic mass is 32.2. The number of nitrogens with zero attached hydrogens (tertiary/aromatic N) is 1. The van der Waals surface area contributed by atoms with Gasteiger partial charge in [0.1, 0.15) is 0 Å². The number of carbonyl (C=O) groups is 1. The molecular weight excluding hydrogens is 134 g/mol. The summed E-state index contributed by atoms with van der Waals surface area (Å²) in [7, 11) is 0. The quantitative estimate of drug-likeness (QED) is 0.490. The Bertz CT molecular complexity index is 110. The summed E-state index contributed by atoms with van der Waals surface area (Å²) in [5, 5.41) is 0. The summed E-state index contributed by atoms with van der Waals surface area (Å²) in [6.45, 7) is 5.10. The van der Waals surface area contributed by atoms with Gasteiger partial charge in [0.25, 0.3) is 0 Å². The van der Waals surface area contributed by atoms with Gasteiger partial charge in [-0.25, -0.2) is 0 Å². The van der Waals surface area contributed by atoms with Crippen molar-refractivity contribution in [2.45, 2.75) is 0 Å². The molecule has 1 fully saturated rings. The molecule has 0 aromatic heterocycles. The molecule has 1 heterocycles. The summed E-state index contributed by atoms with van der Waals surface area (Å²) >= 11 is 1.89. The fraction of sp³-hybridized carbons (Fsp3) is 0.667. The molecule has 1 amide bonds. The molecule has 9 heavy (non-hydrogen) atoms. The molecule has 51 valence electrons. The van der Waals surface area contributed by atoms with E-state index in [1.807, 2.05) is 11.8 Å². The zero-order valence-electron chi connectivity index (χ0n) is 5.30. The Labute approximate surface area is 59.6 Å². The van der Waals surface area contributed by atoms with Crippen LogP contribution in [0, 0.1) is 6.92 Å². The van der Waals surface area contributed by atoms with Gasteiger partial charge in [0.2, 0.25) is 5.91 Å². The first kappa shape index (κ1) is 6.93. The van der Waals surface area contributed by atoms with Gasteiger partial charge in [0.15, 0.2) is 0 Å². The second-order valence-corrected chi connectivity index (χ2v) is 3.22. The Hall–Kier alpha value is -0.180. The maximum absolute atomic E-state index is 10.6. The molecule has 0 aromatic carbocycles. The highest BCUT2D eigenvalue weighted by Gasteiger charge is 2.11. The fourth-order valence-corrected chi connectivity index (χ4v) is 1.72. The first-order chi connectivity index (χ1) is 4.30. The molecule has 0 bridgehead atoms. The zero-order valence-corrected chi connectivity index (χ0v) is 6.12. The number of amides is 1. The van der Waals surface area contributed by atoms with Crippen molar-refractivity contribution in [1.82, 2.24) is 4.90 Å². The maximum Gasteiger partial charge on any atom is 0.223 e. The van der Waals surface area contributed by atoms with Gasteiger partial charge in [-0.15, -0.1) is 0 Å². The van der Waals surface area contributed by atoms with E-state index in [4.69, 9.17) is 0 Å². The van der Waals surface area contributed by atoms with Crippen molar-refractivity contribution < 1.29 is 4.79 Å². The van der Waals surface area contributed by atoms with Crippen LogP contribution in [0.5, 0.6) is 0 Å². The highest BCUT2D eigenvalue weighted by Crippen LogP contribution is 2.08. The Morgan fingerprint density at radius 3 is 2.33 bits per heavy atom. The zero-order chi connectivity index (χ0) is 6.69. The van der Waals surface area contributed by atoms with Crippen molar-refractivity contribution in [3.8, 4) is 0 Å². The third kappa shape index (κ3) is 1.90. The molecule has 1 rings (SSSR count). The van der Waals surface area contributed by atoms with E-state index in [0.29, 0.717) is 0 Å². The minimum absolute atomic E-state index is 0.0321. The van der Waals surface area contributed by atoms with Gasteiger partial charge < -0.3 is 4.90 Å². The Balaban J connectivity index is 2.31. The lowest BCUT2D eigenvalue weighted by atomic mass is 10.5. The van der Waals surface area contributed by atoms with Gasteiger partial charge in [0.05, 0.1) is 0 Å². The number of hydrogen-bond donors (Lipinski definition) is 0. The molecule has 0 unspecified atom stereocenters. The maximum atomic E-state index is 10.6. The van der Waals surface area contributed by atoms with E-state index in [0.717, 1.165) is 24.6 Å². The SMILES string of the molecule is [CH2]C(=O)N1CCSCC1. The van der Waals surface area contributed by atoms with Crippen LogP contribution in [0.15, 0.2) is 0 Å². The van der Waals surface area contributed by atoms with Crippen LogP contribution in [0.4, 0.5) is 0 Å². The summed E-state index contributed by atoms with van der Waals surface area (Å²) in [5.41, 5.74) is 0. The third-order valence-corrected chi connectivity index (χ3v) is 2.31. The standard InChI is InChI=1S/C6H10NOS/c1-6(8)7-2-4-9-5-3-7/h1-5H2. The molecule has 0 aromatic rings. The summed E-state index contributed by atoms with van der Waals surface area (Å²) in [6.07, 6.45) is 0. The van der Waals surface area contributed by atoms with Crippen LogP contribution in [0.3, 0.4) is 0 Å². The smallest absolute Gasteiger partial charge is 0.223 e. The number of carbonyl (C=O) groups excluding carboxylic acids is 1. The van der Waals surface area contributed by atoms with Crippen molar-refractivity contribution in [2.24, 2.45) is 0 Å². The Morgan fingerprint density at radius 2 is 2.00 bits per heavy atom. The van der Waals surface area contributed by atoms with Crippen LogP contribution in [0.1, 0.15) is 0 Å². The van der Waals surface area contributed by atoms with Gasteiger partial charge in [-0.3, -0.25) is 4.79 Å². The molecule has 1 aliphatic rings. The lowest BCUT2D eigenvalue weighted by molar-refractivity contribution is -0.125. The van der Waals surface area contributed by atoms with Crippen LogP contribution in [0.25, 0.3) is 0 Å². The molecule has 1 radical (unpaired) electrons. The average molecular weight is 144 g/mol. The summed E-state index contributed by atoms with van der Waals surface area (Å²) in [6, 6.07) is 0. The van der Waals surface area contributed by atoms with Crippen LogP contribution >= 0.6 is 11.8 Å². The number of hydrogen-bond acceptors (Lipinski definition) is 2. The Kier molecular flexibility index (Phi) is 2.39. The van der Waals surface area contributed by atoms with E-state index in [1.165, 1.54) is 0 Å². The van der Waals surface area contributed by atoms with E-state index >= 15 is 0 Å². The largest absolute Gasteiger partial charge is 0.341 e. The van der Waals surface area contributed by atoms with Crippen molar-refractivity contribution in [3.05, 3.63) is 6.92 Å². The van der Waals surface area contributed by atoms with Crippen molar-refractivity contribution >= 4 is 17.7 Å². The van der Waals surface area contributed by atoms with Crippen molar-refractivity contribution in [2.75, 3.05) is 24.6 Å². The number of thioether (sulfide) groups is 1. The molecular formula is C6H10NOS. The van der Waals surface area contributed by atoms with Gasteiger partial charge in [0, 0.05) is 31.5 Å². The van der Waals surface area contributed by atoms with Gasteiger partial charge >= 0.3 is 0 Å². The second-order valence-electron chi connectivity index (χ2n) is 1.99. The first-order valence-electron chi connectivity index (χ1n) is 2.99. The molecule has 1 saturated heterocycles. The molecule has 0 N–H and O–H groups in total. The van der Waals surface area contributed by atoms with Gasteiger partial charge in [-0.05, 0) is 0 Å². The van der Waals surface area contributed by atoms with Gasteiger partial charge in [-0.1, -0.05) is 0 Å². The highest BCUT2D eigenvalue weighted by molar-refractivity contribution is 7.99. The van der Waals surface area contributed by atoms with Crippen molar-refractivity contribution in [3.63, 3.8) is 0 Å². The predicted octanol–water partition coefficient (Wildman–Crippen LogP) is 0.396. The van der Waals surface area contributed by atoms with E-state index in [-0.39, 0.29) is 5.91 Å². The minimum atomic E-state index is -0.0321. The van der Waals surface area contributed by atoms with E-state index < -0.39 is 0 Å². The lowest BCUT2D eigenvalue weighted by Gasteiger charge is -2.24. The molecule has 0 atom stereocenters. The molecule has 1 aliphatic heterocycles. The normalized spacial score (nSPS) is 19.9. The van der Waals surface area contributed by atoms with E-state index in [1.54, 1.807) is 4.90 Å². The van der Waals surface area contributed by atoms with Crippen LogP contribution in [0.2, 0.25) is 0 Å². The average Bonchev–Trinajstić information content (AvgIpc) is 1.90. The predicted molar refractivity (Wildman–Crippen MR) is 39.3 cm³/mol.